The maximum absolute atomic E-state index is 12.0. The Kier molecular flexibility index (Phi) is 2.80. The SMILES string of the molecule is C[C@@H]1C[C@H]1c1ccc(/C=C\C(=O)N2CC(O)(C3CC3)C2)o1. The monoisotopic (exact) mass is 287 g/mol. The molecule has 1 aromatic rings. The van der Waals surface area contributed by atoms with Crippen LogP contribution in [0.4, 0.5) is 0 Å². The van der Waals surface area contributed by atoms with E-state index >= 15 is 0 Å². The summed E-state index contributed by atoms with van der Waals surface area (Å²) in [7, 11) is 0. The van der Waals surface area contributed by atoms with Gasteiger partial charge in [0.2, 0.25) is 5.91 Å². The lowest BCUT2D eigenvalue weighted by molar-refractivity contribution is -0.154. The van der Waals surface area contributed by atoms with E-state index in [1.807, 2.05) is 12.1 Å². The molecule has 2 atom stereocenters. The van der Waals surface area contributed by atoms with E-state index in [-0.39, 0.29) is 5.91 Å². The molecule has 1 aliphatic heterocycles. The molecule has 0 bridgehead atoms. The van der Waals surface area contributed by atoms with Gasteiger partial charge in [-0.05, 0) is 49.3 Å². The normalized spacial score (nSPS) is 30.5. The Morgan fingerprint density at radius 1 is 1.43 bits per heavy atom. The van der Waals surface area contributed by atoms with Crippen LogP contribution in [0.3, 0.4) is 0 Å². The maximum atomic E-state index is 12.0. The minimum absolute atomic E-state index is 0.0435. The molecular weight excluding hydrogens is 266 g/mol. The highest BCUT2D eigenvalue weighted by Crippen LogP contribution is 2.47. The first kappa shape index (κ1) is 13.1. The van der Waals surface area contributed by atoms with E-state index in [2.05, 4.69) is 6.92 Å². The fourth-order valence-electron chi connectivity index (χ4n) is 3.28. The quantitative estimate of drug-likeness (QED) is 0.865. The van der Waals surface area contributed by atoms with Gasteiger partial charge >= 0.3 is 0 Å². The Hall–Kier alpha value is -1.55. The van der Waals surface area contributed by atoms with Crippen molar-refractivity contribution in [1.29, 1.82) is 0 Å². The zero-order valence-electron chi connectivity index (χ0n) is 12.3. The first-order valence-corrected chi connectivity index (χ1v) is 7.84. The summed E-state index contributed by atoms with van der Waals surface area (Å²) >= 11 is 0. The number of nitrogens with zero attached hydrogens (tertiary/aromatic N) is 1. The fourth-order valence-corrected chi connectivity index (χ4v) is 3.28. The van der Waals surface area contributed by atoms with Crippen molar-refractivity contribution in [3.8, 4) is 0 Å². The number of likely N-dealkylation sites (tertiary alicyclic amines) is 1. The third kappa shape index (κ3) is 2.42. The molecule has 0 radical (unpaired) electrons. The van der Waals surface area contributed by atoms with E-state index in [4.69, 9.17) is 4.42 Å². The average molecular weight is 287 g/mol. The molecule has 2 saturated carbocycles. The van der Waals surface area contributed by atoms with Crippen LogP contribution in [0.25, 0.3) is 6.08 Å². The highest BCUT2D eigenvalue weighted by molar-refractivity contribution is 5.92. The average Bonchev–Trinajstić information content (AvgIpc) is 3.33. The number of amides is 1. The zero-order valence-corrected chi connectivity index (χ0v) is 12.3. The molecule has 4 nitrogen and oxygen atoms in total. The third-order valence-corrected chi connectivity index (χ3v) is 5.09. The van der Waals surface area contributed by atoms with Crippen LogP contribution in [0.1, 0.15) is 43.6 Å². The molecule has 0 aromatic carbocycles. The molecule has 3 aliphatic rings. The first-order valence-electron chi connectivity index (χ1n) is 7.84. The molecule has 112 valence electrons. The lowest BCUT2D eigenvalue weighted by Gasteiger charge is -2.46. The predicted molar refractivity (Wildman–Crippen MR) is 78.5 cm³/mol. The van der Waals surface area contributed by atoms with Crippen LogP contribution < -0.4 is 0 Å². The zero-order chi connectivity index (χ0) is 14.6. The largest absolute Gasteiger partial charge is 0.461 e. The van der Waals surface area contributed by atoms with Crippen molar-refractivity contribution in [3.63, 3.8) is 0 Å². The van der Waals surface area contributed by atoms with E-state index < -0.39 is 5.60 Å². The minimum Gasteiger partial charge on any atom is -0.461 e. The molecular formula is C17H21NO3. The van der Waals surface area contributed by atoms with Crippen molar-refractivity contribution in [3.05, 3.63) is 29.7 Å². The Bertz CT molecular complexity index is 593. The summed E-state index contributed by atoms with van der Waals surface area (Å²) in [6, 6.07) is 3.93. The molecule has 0 spiro atoms. The van der Waals surface area contributed by atoms with Crippen LogP contribution >= 0.6 is 0 Å². The van der Waals surface area contributed by atoms with E-state index in [0.717, 1.165) is 30.3 Å². The number of furan rings is 1. The maximum Gasteiger partial charge on any atom is 0.246 e. The van der Waals surface area contributed by atoms with Crippen molar-refractivity contribution < 1.29 is 14.3 Å². The Balaban J connectivity index is 1.33. The molecule has 1 N–H and O–H groups in total. The van der Waals surface area contributed by atoms with Gasteiger partial charge in [-0.2, -0.15) is 0 Å². The molecule has 1 amide bonds. The van der Waals surface area contributed by atoms with Crippen LogP contribution in [0.15, 0.2) is 22.6 Å². The summed E-state index contributed by atoms with van der Waals surface area (Å²) in [4.78, 5) is 13.7. The standard InChI is InChI=1S/C17H21NO3/c1-11-8-14(11)15-6-4-13(21-15)5-7-16(19)18-9-17(20,10-18)12-2-3-12/h4-7,11-12,14,20H,2-3,8-10H2,1H3/b7-5-/t11-,14-/m1/s1. The lowest BCUT2D eigenvalue weighted by Crippen LogP contribution is -2.64. The summed E-state index contributed by atoms with van der Waals surface area (Å²) in [5.74, 6) is 3.41. The van der Waals surface area contributed by atoms with E-state index in [9.17, 15) is 9.90 Å². The van der Waals surface area contributed by atoms with E-state index in [0.29, 0.717) is 24.9 Å². The second kappa shape index (κ2) is 4.47. The summed E-state index contributed by atoms with van der Waals surface area (Å²) in [5.41, 5.74) is -0.608. The van der Waals surface area contributed by atoms with Gasteiger partial charge in [0.15, 0.2) is 0 Å². The molecule has 4 heteroatoms. The highest BCUT2D eigenvalue weighted by Gasteiger charge is 2.52. The van der Waals surface area contributed by atoms with Gasteiger partial charge in [-0.1, -0.05) is 6.92 Å². The van der Waals surface area contributed by atoms with Gasteiger partial charge in [0.25, 0.3) is 0 Å². The number of hydrogen-bond donors (Lipinski definition) is 1. The number of hydrogen-bond acceptors (Lipinski definition) is 3. The molecule has 2 aliphatic carbocycles. The summed E-state index contributed by atoms with van der Waals surface area (Å²) < 4.78 is 5.74. The van der Waals surface area contributed by atoms with Crippen LogP contribution in [-0.4, -0.2) is 34.6 Å². The number of carbonyl (C=O) groups excluding carboxylic acids is 1. The topological polar surface area (TPSA) is 53.7 Å². The smallest absolute Gasteiger partial charge is 0.246 e. The van der Waals surface area contributed by atoms with E-state index in [1.54, 1.807) is 17.1 Å². The Morgan fingerprint density at radius 2 is 2.14 bits per heavy atom. The van der Waals surface area contributed by atoms with Crippen molar-refractivity contribution in [1.82, 2.24) is 4.90 Å². The summed E-state index contributed by atoms with van der Waals surface area (Å²) in [6.07, 6.45) is 6.67. The lowest BCUT2D eigenvalue weighted by atomic mass is 9.88. The van der Waals surface area contributed by atoms with Gasteiger partial charge in [0.05, 0.1) is 13.1 Å². The van der Waals surface area contributed by atoms with Gasteiger partial charge in [-0.3, -0.25) is 4.79 Å². The van der Waals surface area contributed by atoms with Crippen LogP contribution in [0, 0.1) is 11.8 Å². The highest BCUT2D eigenvalue weighted by atomic mass is 16.3. The number of rotatable bonds is 4. The molecule has 0 unspecified atom stereocenters. The van der Waals surface area contributed by atoms with Crippen LogP contribution in [0.5, 0.6) is 0 Å². The number of carbonyl (C=O) groups is 1. The van der Waals surface area contributed by atoms with Gasteiger partial charge in [-0.25, -0.2) is 0 Å². The van der Waals surface area contributed by atoms with Gasteiger partial charge in [-0.15, -0.1) is 0 Å². The molecule has 2 heterocycles. The molecule has 1 aromatic heterocycles. The molecule has 21 heavy (non-hydrogen) atoms. The van der Waals surface area contributed by atoms with Crippen molar-refractivity contribution in [2.45, 2.75) is 37.7 Å². The molecule has 1 saturated heterocycles. The second-order valence-electron chi connectivity index (χ2n) is 6.97. The van der Waals surface area contributed by atoms with Gasteiger partial charge in [0.1, 0.15) is 17.1 Å². The van der Waals surface area contributed by atoms with Crippen molar-refractivity contribution >= 4 is 12.0 Å². The fraction of sp³-hybridized carbons (Fsp3) is 0.588. The summed E-state index contributed by atoms with van der Waals surface area (Å²) in [5, 5.41) is 10.2. The third-order valence-electron chi connectivity index (χ3n) is 5.09. The minimum atomic E-state index is -0.608. The van der Waals surface area contributed by atoms with Crippen LogP contribution in [-0.2, 0) is 4.79 Å². The van der Waals surface area contributed by atoms with E-state index in [1.165, 1.54) is 6.42 Å². The Labute approximate surface area is 124 Å². The van der Waals surface area contributed by atoms with Gasteiger partial charge in [0, 0.05) is 12.0 Å². The van der Waals surface area contributed by atoms with Crippen LogP contribution in [0.2, 0.25) is 0 Å². The Morgan fingerprint density at radius 3 is 2.76 bits per heavy atom. The molecule has 3 fully saturated rings. The number of β-amino-alcohol motifs (C(OH)–C–C–N with tert-alkyl or cyclic N) is 1. The second-order valence-corrected chi connectivity index (χ2v) is 6.97. The summed E-state index contributed by atoms with van der Waals surface area (Å²) in [6.45, 7) is 3.17. The molecule has 4 rings (SSSR count). The van der Waals surface area contributed by atoms with Crippen molar-refractivity contribution in [2.75, 3.05) is 13.1 Å². The first-order chi connectivity index (χ1) is 10.0. The van der Waals surface area contributed by atoms with Gasteiger partial charge < -0.3 is 14.4 Å². The predicted octanol–water partition coefficient (Wildman–Crippen LogP) is 2.40. The van der Waals surface area contributed by atoms with Crippen molar-refractivity contribution in [2.24, 2.45) is 11.8 Å². The number of aliphatic hydroxyl groups is 1.